The number of carbonyl (C=O) groups is 3. The Bertz CT molecular complexity index is 1040. The Balaban J connectivity index is 1.39. The van der Waals surface area contributed by atoms with Gasteiger partial charge in [0.05, 0.1) is 37.8 Å². The van der Waals surface area contributed by atoms with Gasteiger partial charge in [-0.05, 0) is 0 Å². The van der Waals surface area contributed by atoms with Gasteiger partial charge in [0.2, 0.25) is 0 Å². The second-order valence-corrected chi connectivity index (χ2v) is 8.60. The predicted molar refractivity (Wildman–Crippen MR) is 119 cm³/mol. The molecule has 0 bridgehead atoms. The summed E-state index contributed by atoms with van der Waals surface area (Å²) in [6, 6.07) is 1.31. The number of benzene rings is 1. The Labute approximate surface area is 205 Å². The largest absolute Gasteiger partial charge is 0.442 e. The molecule has 0 saturated carbocycles. The maximum Gasteiger partial charge on any atom is 0.414 e. The number of halogens is 4. The van der Waals surface area contributed by atoms with Gasteiger partial charge in [-0.1, -0.05) is 11.8 Å². The van der Waals surface area contributed by atoms with Crippen molar-refractivity contribution in [1.29, 1.82) is 0 Å². The number of hydrogen-bond acceptors (Lipinski definition) is 9. The normalized spacial score (nSPS) is 20.1. The van der Waals surface area contributed by atoms with Crippen LogP contribution in [0.5, 0.6) is 0 Å². The minimum Gasteiger partial charge on any atom is -0.442 e. The third-order valence-corrected chi connectivity index (χ3v) is 6.02. The molecule has 1 aromatic carbocycles. The molecule has 36 heavy (non-hydrogen) atoms. The molecule has 3 aliphatic heterocycles. The number of rotatable bonds is 5. The van der Waals surface area contributed by atoms with Gasteiger partial charge in [0, 0.05) is 25.2 Å². The van der Waals surface area contributed by atoms with E-state index >= 15 is 8.78 Å². The number of hydroxylamine groups is 2. The van der Waals surface area contributed by atoms with Crippen molar-refractivity contribution >= 4 is 46.3 Å². The van der Waals surface area contributed by atoms with E-state index in [4.69, 9.17) is 9.57 Å². The lowest BCUT2D eigenvalue weighted by Crippen LogP contribution is -2.43. The molecular formula is C19H21F4N7O5S. The summed E-state index contributed by atoms with van der Waals surface area (Å²) in [5.41, 5.74) is 2.18. The van der Waals surface area contributed by atoms with Crippen molar-refractivity contribution in [3.8, 4) is 0 Å². The van der Waals surface area contributed by atoms with Crippen LogP contribution in [0.3, 0.4) is 0 Å². The van der Waals surface area contributed by atoms with E-state index in [0.29, 0.717) is 11.0 Å². The van der Waals surface area contributed by atoms with E-state index in [1.807, 2.05) is 5.32 Å². The number of urea groups is 1. The number of thioether (sulfide) groups is 1. The van der Waals surface area contributed by atoms with Crippen molar-refractivity contribution in [2.45, 2.75) is 12.5 Å². The molecule has 0 aliphatic carbocycles. The van der Waals surface area contributed by atoms with Gasteiger partial charge < -0.3 is 15.0 Å². The first kappa shape index (κ1) is 25.6. The van der Waals surface area contributed by atoms with Gasteiger partial charge in [-0.15, -0.1) is 0 Å². The fraction of sp³-hybridized carbons (Fsp3) is 0.474. The van der Waals surface area contributed by atoms with Gasteiger partial charge in [-0.25, -0.2) is 23.4 Å². The highest BCUT2D eigenvalue weighted by Crippen LogP contribution is 2.31. The molecule has 17 heteroatoms. The number of anilines is 2. The maximum absolute atomic E-state index is 15.0. The molecule has 3 heterocycles. The van der Waals surface area contributed by atoms with Gasteiger partial charge in [-0.3, -0.25) is 25.3 Å². The van der Waals surface area contributed by atoms with Crippen molar-refractivity contribution in [3.63, 3.8) is 0 Å². The second kappa shape index (κ2) is 11.1. The minimum absolute atomic E-state index is 0.00229. The summed E-state index contributed by atoms with van der Waals surface area (Å²) in [6.07, 6.45) is -5.14. The Morgan fingerprint density at radius 2 is 1.97 bits per heavy atom. The van der Waals surface area contributed by atoms with E-state index in [1.165, 1.54) is 16.7 Å². The van der Waals surface area contributed by atoms with Gasteiger partial charge in [0.15, 0.2) is 16.8 Å². The fourth-order valence-corrected chi connectivity index (χ4v) is 4.18. The molecule has 0 aromatic heterocycles. The zero-order valence-corrected chi connectivity index (χ0v) is 19.3. The molecule has 1 aromatic rings. The molecule has 0 radical (unpaired) electrons. The third-order valence-electron chi connectivity index (χ3n) is 5.28. The van der Waals surface area contributed by atoms with Gasteiger partial charge in [0.25, 0.3) is 5.91 Å². The molecule has 0 unspecified atom stereocenters. The number of hydrazone groups is 1. The summed E-state index contributed by atoms with van der Waals surface area (Å²) < 4.78 is 59.6. The fourth-order valence-electron chi connectivity index (χ4n) is 3.63. The van der Waals surface area contributed by atoms with Crippen LogP contribution in [0.15, 0.2) is 17.2 Å². The number of nitrogens with zero attached hydrogens (tertiary/aromatic N) is 4. The van der Waals surface area contributed by atoms with Crippen LogP contribution in [0.4, 0.5) is 38.5 Å². The van der Waals surface area contributed by atoms with Crippen LogP contribution in [-0.2, 0) is 14.4 Å². The lowest BCUT2D eigenvalue weighted by Gasteiger charge is -2.24. The molecule has 2 fully saturated rings. The Kier molecular flexibility index (Phi) is 7.88. The van der Waals surface area contributed by atoms with Crippen molar-refractivity contribution < 1.29 is 41.5 Å². The number of amidine groups is 1. The highest BCUT2D eigenvalue weighted by atomic mass is 32.2. The smallest absolute Gasteiger partial charge is 0.414 e. The minimum atomic E-state index is -3.22. The van der Waals surface area contributed by atoms with Gasteiger partial charge >= 0.3 is 18.5 Å². The Morgan fingerprint density at radius 1 is 1.22 bits per heavy atom. The zero-order chi connectivity index (χ0) is 25.8. The monoisotopic (exact) mass is 535 g/mol. The number of alkyl halides is 2. The molecule has 2 saturated heterocycles. The van der Waals surface area contributed by atoms with Crippen LogP contribution in [0.25, 0.3) is 0 Å². The zero-order valence-electron chi connectivity index (χ0n) is 18.5. The number of hydrogen-bond donors (Lipinski definition) is 3. The molecule has 3 aliphatic rings. The Morgan fingerprint density at radius 3 is 2.64 bits per heavy atom. The summed E-state index contributed by atoms with van der Waals surface area (Å²) >= 11 is 1.29. The molecule has 4 rings (SSSR count). The summed E-state index contributed by atoms with van der Waals surface area (Å²) in [7, 11) is 0. The van der Waals surface area contributed by atoms with Crippen molar-refractivity contribution in [2.24, 2.45) is 5.10 Å². The SMILES string of the molecule is O=C(NC[C@H]1CN(c2cc(F)c(N3CCON(C(=O)NC4=NNCS4)CC3)c(F)c2)C(=O)O1)C(F)F. The topological polar surface area (TPSA) is 128 Å². The van der Waals surface area contributed by atoms with Crippen LogP contribution in [0.2, 0.25) is 0 Å². The number of cyclic esters (lactones) is 1. The predicted octanol–water partition coefficient (Wildman–Crippen LogP) is 0.999. The first-order chi connectivity index (χ1) is 17.2. The van der Waals surface area contributed by atoms with E-state index < -0.39 is 42.2 Å². The number of amides is 4. The highest BCUT2D eigenvalue weighted by molar-refractivity contribution is 8.14. The molecule has 0 spiro atoms. The van der Waals surface area contributed by atoms with Gasteiger partial charge in [-0.2, -0.15) is 13.9 Å². The lowest BCUT2D eigenvalue weighted by atomic mass is 10.2. The molecular weight excluding hydrogens is 514 g/mol. The lowest BCUT2D eigenvalue weighted by molar-refractivity contribution is -0.132. The van der Waals surface area contributed by atoms with E-state index in [0.717, 1.165) is 22.1 Å². The molecule has 3 N–H and O–H groups in total. The number of carbonyl (C=O) groups excluding carboxylic acids is 3. The van der Waals surface area contributed by atoms with Crippen LogP contribution in [0.1, 0.15) is 0 Å². The van der Waals surface area contributed by atoms with E-state index in [1.54, 1.807) is 0 Å². The summed E-state index contributed by atoms with van der Waals surface area (Å²) in [5.74, 6) is -2.93. The average Bonchev–Trinajstić information content (AvgIpc) is 3.40. The number of ether oxygens (including phenoxy) is 1. The molecule has 4 amide bonds. The third kappa shape index (κ3) is 5.84. The number of nitrogens with one attached hydrogen (secondary N) is 3. The average molecular weight is 535 g/mol. The van der Waals surface area contributed by atoms with E-state index in [-0.39, 0.29) is 50.7 Å². The highest BCUT2D eigenvalue weighted by Gasteiger charge is 2.34. The van der Waals surface area contributed by atoms with Crippen LogP contribution in [0, 0.1) is 11.6 Å². The van der Waals surface area contributed by atoms with Crippen molar-refractivity contribution in [3.05, 3.63) is 23.8 Å². The van der Waals surface area contributed by atoms with Crippen LogP contribution >= 0.6 is 11.8 Å². The molecule has 1 atom stereocenters. The standard InChI is InChI=1S/C19H21F4N7O5S/c20-12-5-10(29-8-11(35-19(29)33)7-24-16(31)15(22)23)6-13(21)14(12)28-1-2-30(34-4-3-28)18(32)26-17-27-25-9-36-17/h5-6,11,15,25H,1-4,7-9H2,(H,24,31)(H,26,27,32)/t11-/m0/s1. The van der Waals surface area contributed by atoms with Gasteiger partial charge in [0.1, 0.15) is 11.8 Å². The molecule has 12 nitrogen and oxygen atoms in total. The van der Waals surface area contributed by atoms with E-state index in [9.17, 15) is 23.2 Å². The second-order valence-electron chi connectivity index (χ2n) is 7.64. The molecule has 196 valence electrons. The van der Waals surface area contributed by atoms with E-state index in [2.05, 4.69) is 15.8 Å². The first-order valence-corrected chi connectivity index (χ1v) is 11.6. The summed E-state index contributed by atoms with van der Waals surface area (Å²) in [5, 5.41) is 9.77. The van der Waals surface area contributed by atoms with Crippen LogP contribution in [-0.4, -0.2) is 86.0 Å². The Hall–Kier alpha value is -3.47. The van der Waals surface area contributed by atoms with Crippen molar-refractivity contribution in [1.82, 2.24) is 21.1 Å². The summed E-state index contributed by atoms with van der Waals surface area (Å²) in [4.78, 5) is 43.2. The first-order valence-electron chi connectivity index (χ1n) is 10.7. The van der Waals surface area contributed by atoms with Crippen LogP contribution < -0.4 is 25.9 Å². The maximum atomic E-state index is 15.0. The van der Waals surface area contributed by atoms with Crippen molar-refractivity contribution in [2.75, 3.05) is 55.0 Å². The quantitative estimate of drug-likeness (QED) is 0.477. The summed E-state index contributed by atoms with van der Waals surface area (Å²) in [6.45, 7) is -0.489.